The van der Waals surface area contributed by atoms with Crippen molar-refractivity contribution in [1.29, 1.82) is 0 Å². The Hall–Kier alpha value is -0.985. The maximum Gasteiger partial charge on any atom is 0.494 e. The van der Waals surface area contributed by atoms with E-state index in [-0.39, 0.29) is 0 Å². The molecule has 122 valence electrons. The lowest BCUT2D eigenvalue weighted by atomic mass is 9.79. The molecule has 4 nitrogen and oxygen atoms in total. The van der Waals surface area contributed by atoms with E-state index >= 15 is 0 Å². The molecule has 1 saturated heterocycles. The largest absolute Gasteiger partial charge is 0.494 e. The van der Waals surface area contributed by atoms with E-state index in [1.165, 1.54) is 12.1 Å². The van der Waals surface area contributed by atoms with Crippen LogP contribution in [-0.4, -0.2) is 33.0 Å². The Bertz CT molecular complexity index is 670. The van der Waals surface area contributed by atoms with Gasteiger partial charge in [0.15, 0.2) is 9.84 Å². The van der Waals surface area contributed by atoms with Gasteiger partial charge in [-0.15, -0.1) is 0 Å². The number of sulfone groups is 1. The van der Waals surface area contributed by atoms with Gasteiger partial charge in [0.2, 0.25) is 0 Å². The Morgan fingerprint density at radius 3 is 2.00 bits per heavy atom. The molecular weight excluding hydrogens is 313 g/mol. The Balaban J connectivity index is 2.48. The van der Waals surface area contributed by atoms with Crippen molar-refractivity contribution in [2.45, 2.75) is 50.2 Å². The average molecular weight is 332 g/mol. The van der Waals surface area contributed by atoms with E-state index in [0.29, 0.717) is 5.46 Å². The van der Waals surface area contributed by atoms with Gasteiger partial charge in [-0.3, -0.25) is 0 Å². The molecule has 0 amide bonds. The molecule has 1 aromatic carbocycles. The number of benzene rings is 1. The second-order valence-corrected chi connectivity index (χ2v) is 8.44. The topological polar surface area (TPSA) is 52.6 Å². The van der Waals surface area contributed by atoms with E-state index in [4.69, 9.17) is 9.31 Å². The lowest BCUT2D eigenvalue weighted by molar-refractivity contribution is 0.00578. The van der Waals surface area contributed by atoms with Crippen LogP contribution >= 0.6 is 0 Å². The summed E-state index contributed by atoms with van der Waals surface area (Å²) >= 11 is 0. The van der Waals surface area contributed by atoms with Crippen LogP contribution in [-0.2, 0) is 19.1 Å². The first kappa shape index (κ1) is 17.4. The highest BCUT2D eigenvalue weighted by atomic mass is 32.2. The van der Waals surface area contributed by atoms with Crippen LogP contribution in [0, 0.1) is 0 Å². The summed E-state index contributed by atoms with van der Waals surface area (Å²) in [6.07, 6.45) is -1.96. The second kappa shape index (κ2) is 5.28. The third-order valence-corrected chi connectivity index (χ3v) is 5.35. The van der Waals surface area contributed by atoms with Crippen molar-refractivity contribution in [3.05, 3.63) is 23.8 Å². The summed E-state index contributed by atoms with van der Waals surface area (Å²) in [5, 5.41) is 0. The standard InChI is InChI=1S/C14H19BF2O4S/c1-13(2)14(3,4)21-15(20-13)9-6-7-10(12(16)17)11(8-9)22(5,18)19/h6-8,12H,1-5H3. The van der Waals surface area contributed by atoms with Crippen molar-refractivity contribution in [1.82, 2.24) is 0 Å². The summed E-state index contributed by atoms with van der Waals surface area (Å²) in [7, 11) is -4.57. The summed E-state index contributed by atoms with van der Waals surface area (Å²) < 4.78 is 61.1. The summed E-state index contributed by atoms with van der Waals surface area (Å²) in [4.78, 5) is -0.394. The van der Waals surface area contributed by atoms with E-state index in [0.717, 1.165) is 12.3 Å². The molecule has 0 N–H and O–H groups in total. The molecule has 0 aliphatic carbocycles. The highest BCUT2D eigenvalue weighted by molar-refractivity contribution is 7.90. The van der Waals surface area contributed by atoms with Crippen LogP contribution in [0.4, 0.5) is 8.78 Å². The highest BCUT2D eigenvalue weighted by Gasteiger charge is 2.51. The van der Waals surface area contributed by atoms with Crippen molar-refractivity contribution in [3.63, 3.8) is 0 Å². The van der Waals surface area contributed by atoms with Gasteiger partial charge >= 0.3 is 7.12 Å². The molecule has 0 bridgehead atoms. The van der Waals surface area contributed by atoms with Crippen LogP contribution in [0.3, 0.4) is 0 Å². The maximum absolute atomic E-state index is 13.0. The first-order valence-corrected chi connectivity index (χ1v) is 8.72. The third-order valence-electron chi connectivity index (χ3n) is 4.20. The number of hydrogen-bond acceptors (Lipinski definition) is 4. The van der Waals surface area contributed by atoms with Gasteiger partial charge in [-0.1, -0.05) is 12.1 Å². The zero-order chi connectivity index (χ0) is 16.9. The zero-order valence-corrected chi connectivity index (χ0v) is 14.0. The predicted octanol–water partition coefficient (Wildman–Crippen LogP) is 2.33. The zero-order valence-electron chi connectivity index (χ0n) is 13.2. The summed E-state index contributed by atoms with van der Waals surface area (Å²) in [6, 6.07) is 3.73. The Labute approximate surface area is 129 Å². The lowest BCUT2D eigenvalue weighted by Gasteiger charge is -2.32. The molecule has 0 atom stereocenters. The highest BCUT2D eigenvalue weighted by Crippen LogP contribution is 2.37. The average Bonchev–Trinajstić information content (AvgIpc) is 2.56. The first-order chi connectivity index (χ1) is 9.85. The number of halogens is 2. The van der Waals surface area contributed by atoms with E-state index in [1.807, 2.05) is 27.7 Å². The molecular formula is C14H19BF2O4S. The van der Waals surface area contributed by atoms with Gasteiger partial charge in [-0.25, -0.2) is 17.2 Å². The van der Waals surface area contributed by atoms with E-state index < -0.39 is 45.0 Å². The second-order valence-electron chi connectivity index (χ2n) is 6.46. The van der Waals surface area contributed by atoms with Gasteiger partial charge in [0.25, 0.3) is 6.43 Å². The molecule has 1 aliphatic rings. The molecule has 0 spiro atoms. The maximum atomic E-state index is 13.0. The molecule has 1 aromatic rings. The van der Waals surface area contributed by atoms with E-state index in [1.54, 1.807) is 0 Å². The minimum atomic E-state index is -3.78. The summed E-state index contributed by atoms with van der Waals surface area (Å²) in [5.74, 6) is 0. The van der Waals surface area contributed by atoms with Crippen LogP contribution in [0.5, 0.6) is 0 Å². The van der Waals surface area contributed by atoms with E-state index in [9.17, 15) is 17.2 Å². The fourth-order valence-corrected chi connectivity index (χ4v) is 3.11. The molecule has 0 radical (unpaired) electrons. The molecule has 1 heterocycles. The SMILES string of the molecule is CC1(C)OB(c2ccc(C(F)F)c(S(C)(=O)=O)c2)OC1(C)C. The molecule has 1 fully saturated rings. The van der Waals surface area contributed by atoms with Crippen molar-refractivity contribution in [2.75, 3.05) is 6.26 Å². The Morgan fingerprint density at radius 2 is 1.59 bits per heavy atom. The Kier molecular flexibility index (Phi) is 4.17. The van der Waals surface area contributed by atoms with Crippen molar-refractivity contribution in [3.8, 4) is 0 Å². The van der Waals surface area contributed by atoms with Crippen LogP contribution in [0.15, 0.2) is 23.1 Å². The van der Waals surface area contributed by atoms with Gasteiger partial charge in [-0.05, 0) is 39.2 Å². The number of alkyl halides is 2. The molecule has 8 heteroatoms. The van der Waals surface area contributed by atoms with Crippen molar-refractivity contribution >= 4 is 22.4 Å². The van der Waals surface area contributed by atoms with E-state index in [2.05, 4.69) is 0 Å². The van der Waals surface area contributed by atoms with Crippen LogP contribution in [0.1, 0.15) is 39.7 Å². The lowest BCUT2D eigenvalue weighted by Crippen LogP contribution is -2.41. The van der Waals surface area contributed by atoms with Crippen LogP contribution in [0.2, 0.25) is 0 Å². The van der Waals surface area contributed by atoms with Gasteiger partial charge in [-0.2, -0.15) is 0 Å². The number of rotatable bonds is 3. The van der Waals surface area contributed by atoms with Gasteiger partial charge < -0.3 is 9.31 Å². The molecule has 1 aliphatic heterocycles. The minimum Gasteiger partial charge on any atom is -0.399 e. The predicted molar refractivity (Wildman–Crippen MR) is 80.2 cm³/mol. The third kappa shape index (κ3) is 3.05. The van der Waals surface area contributed by atoms with Crippen LogP contribution < -0.4 is 5.46 Å². The summed E-state index contributed by atoms with van der Waals surface area (Å²) in [6.45, 7) is 7.44. The fraction of sp³-hybridized carbons (Fsp3) is 0.571. The van der Waals surface area contributed by atoms with Gasteiger partial charge in [0, 0.05) is 11.8 Å². The minimum absolute atomic E-state index is 0.394. The van der Waals surface area contributed by atoms with Gasteiger partial charge in [0.1, 0.15) is 0 Å². The molecule has 2 rings (SSSR count). The van der Waals surface area contributed by atoms with Crippen LogP contribution in [0.25, 0.3) is 0 Å². The van der Waals surface area contributed by atoms with Crippen molar-refractivity contribution < 1.29 is 26.5 Å². The monoisotopic (exact) mass is 332 g/mol. The molecule has 0 unspecified atom stereocenters. The summed E-state index contributed by atoms with van der Waals surface area (Å²) in [5.41, 5.74) is -1.29. The van der Waals surface area contributed by atoms with Gasteiger partial charge in [0.05, 0.1) is 16.1 Å². The quantitative estimate of drug-likeness (QED) is 0.797. The first-order valence-electron chi connectivity index (χ1n) is 6.83. The van der Waals surface area contributed by atoms with Crippen molar-refractivity contribution in [2.24, 2.45) is 0 Å². The normalized spacial score (nSPS) is 20.6. The molecule has 22 heavy (non-hydrogen) atoms. The fourth-order valence-electron chi connectivity index (χ4n) is 2.18. The smallest absolute Gasteiger partial charge is 0.399 e. The Morgan fingerprint density at radius 1 is 1.09 bits per heavy atom. The molecule has 0 saturated carbocycles. The number of hydrogen-bond donors (Lipinski definition) is 0. The molecule has 0 aromatic heterocycles.